The van der Waals surface area contributed by atoms with Crippen LogP contribution in [0.3, 0.4) is 0 Å². The number of para-hydroxylation sites is 1. The molecule has 1 unspecified atom stereocenters. The van der Waals surface area contributed by atoms with Gasteiger partial charge in [-0.2, -0.15) is 0 Å². The van der Waals surface area contributed by atoms with E-state index in [4.69, 9.17) is 4.74 Å². The molecule has 31 heavy (non-hydrogen) atoms. The number of rotatable bonds is 5. The van der Waals surface area contributed by atoms with Gasteiger partial charge in [-0.25, -0.2) is 9.67 Å². The van der Waals surface area contributed by atoms with Gasteiger partial charge in [-0.15, -0.1) is 16.4 Å². The lowest BCUT2D eigenvalue weighted by atomic mass is 9.98. The third kappa shape index (κ3) is 3.84. The molecule has 7 heteroatoms. The highest BCUT2D eigenvalue weighted by molar-refractivity contribution is 7.13. The molecule has 0 aliphatic carbocycles. The Morgan fingerprint density at radius 3 is 2.58 bits per heavy atom. The summed E-state index contributed by atoms with van der Waals surface area (Å²) in [6.45, 7) is 1.36. The second kappa shape index (κ2) is 8.35. The summed E-state index contributed by atoms with van der Waals surface area (Å²) in [6, 6.07) is 21.9. The molecule has 5 rings (SSSR count). The number of hydrogen-bond acceptors (Lipinski definition) is 5. The summed E-state index contributed by atoms with van der Waals surface area (Å²) in [7, 11) is 1.66. The quantitative estimate of drug-likeness (QED) is 0.463. The highest BCUT2D eigenvalue weighted by Gasteiger charge is 2.31. The zero-order valence-corrected chi connectivity index (χ0v) is 18.0. The lowest BCUT2D eigenvalue weighted by Gasteiger charge is -2.15. The van der Waals surface area contributed by atoms with Crippen LogP contribution >= 0.6 is 11.3 Å². The molecule has 1 amide bonds. The van der Waals surface area contributed by atoms with E-state index in [1.807, 2.05) is 64.9 Å². The van der Waals surface area contributed by atoms with Gasteiger partial charge in [0.05, 0.1) is 17.7 Å². The first-order valence-corrected chi connectivity index (χ1v) is 11.1. The van der Waals surface area contributed by atoms with Crippen LogP contribution in [-0.2, 0) is 0 Å². The van der Waals surface area contributed by atoms with Gasteiger partial charge >= 0.3 is 0 Å². The van der Waals surface area contributed by atoms with E-state index in [9.17, 15) is 4.79 Å². The van der Waals surface area contributed by atoms with Crippen LogP contribution in [0.5, 0.6) is 5.75 Å². The minimum atomic E-state index is -0.122. The van der Waals surface area contributed by atoms with Crippen LogP contribution in [0.4, 0.5) is 0 Å². The predicted molar refractivity (Wildman–Crippen MR) is 121 cm³/mol. The van der Waals surface area contributed by atoms with Crippen LogP contribution in [0.1, 0.15) is 28.5 Å². The van der Waals surface area contributed by atoms with Gasteiger partial charge in [0, 0.05) is 19.0 Å². The molecule has 0 N–H and O–H groups in total. The summed E-state index contributed by atoms with van der Waals surface area (Å²) in [5.74, 6) is 1.95. The van der Waals surface area contributed by atoms with E-state index in [-0.39, 0.29) is 11.7 Å². The van der Waals surface area contributed by atoms with Gasteiger partial charge in [-0.1, -0.05) is 36.4 Å². The average molecular weight is 431 g/mol. The summed E-state index contributed by atoms with van der Waals surface area (Å²) in [6.07, 6.45) is 0.926. The minimum Gasteiger partial charge on any atom is -0.497 e. The molecule has 2 aromatic carbocycles. The van der Waals surface area contributed by atoms with E-state index in [0.29, 0.717) is 24.8 Å². The average Bonchev–Trinajstić information content (AvgIpc) is 3.59. The van der Waals surface area contributed by atoms with Crippen molar-refractivity contribution < 1.29 is 9.53 Å². The Hall–Kier alpha value is -3.45. The standard InChI is InChI=1S/C24H22N4O2S/c1-30-20-11-9-17(10-12-20)18-13-14-27(16-18)24(29)22-25-23(21-8-5-15-31-21)28(26-22)19-6-3-2-4-7-19/h2-12,15,18H,13-14,16H2,1H3. The van der Waals surface area contributed by atoms with Gasteiger partial charge in [0.25, 0.3) is 5.91 Å². The summed E-state index contributed by atoms with van der Waals surface area (Å²) < 4.78 is 7.01. The lowest BCUT2D eigenvalue weighted by Crippen LogP contribution is -2.29. The number of methoxy groups -OCH3 is 1. The van der Waals surface area contributed by atoms with Crippen molar-refractivity contribution in [1.29, 1.82) is 0 Å². The Morgan fingerprint density at radius 1 is 1.06 bits per heavy atom. The monoisotopic (exact) mass is 430 g/mol. The summed E-state index contributed by atoms with van der Waals surface area (Å²) in [4.78, 5) is 20.7. The number of likely N-dealkylation sites (tertiary alicyclic amines) is 1. The topological polar surface area (TPSA) is 60.2 Å². The molecule has 4 aromatic rings. The molecule has 156 valence electrons. The Bertz CT molecular complexity index is 1170. The molecule has 0 bridgehead atoms. The second-order valence-electron chi connectivity index (χ2n) is 7.49. The summed E-state index contributed by atoms with van der Waals surface area (Å²) >= 11 is 1.58. The van der Waals surface area contributed by atoms with Crippen LogP contribution in [-0.4, -0.2) is 45.8 Å². The van der Waals surface area contributed by atoms with Crippen LogP contribution in [0.15, 0.2) is 72.1 Å². The third-order valence-electron chi connectivity index (χ3n) is 5.60. The van der Waals surface area contributed by atoms with Crippen molar-refractivity contribution >= 4 is 17.2 Å². The SMILES string of the molecule is COc1ccc(C2CCN(C(=O)c3nc(-c4cccs4)n(-c4ccccc4)n3)C2)cc1. The van der Waals surface area contributed by atoms with Crippen molar-refractivity contribution in [3.05, 3.63) is 83.5 Å². The number of thiophene rings is 1. The molecular formula is C24H22N4O2S. The fraction of sp³-hybridized carbons (Fsp3) is 0.208. The van der Waals surface area contributed by atoms with E-state index in [1.165, 1.54) is 5.56 Å². The number of aromatic nitrogens is 3. The number of nitrogens with zero attached hydrogens (tertiary/aromatic N) is 4. The second-order valence-corrected chi connectivity index (χ2v) is 8.44. The van der Waals surface area contributed by atoms with Gasteiger partial charge in [-0.05, 0) is 47.7 Å². The minimum absolute atomic E-state index is 0.122. The highest BCUT2D eigenvalue weighted by Crippen LogP contribution is 2.30. The van der Waals surface area contributed by atoms with Gasteiger partial charge in [-0.3, -0.25) is 4.79 Å². The summed E-state index contributed by atoms with van der Waals surface area (Å²) in [5, 5.41) is 6.61. The number of carbonyl (C=O) groups is 1. The molecule has 1 saturated heterocycles. The van der Waals surface area contributed by atoms with E-state index in [2.05, 4.69) is 22.2 Å². The predicted octanol–water partition coefficient (Wildman–Crippen LogP) is 4.63. The fourth-order valence-electron chi connectivity index (χ4n) is 3.95. The summed E-state index contributed by atoms with van der Waals surface area (Å²) in [5.41, 5.74) is 2.10. The first-order chi connectivity index (χ1) is 15.2. The number of carbonyl (C=O) groups excluding carboxylic acids is 1. The van der Waals surface area contributed by atoms with Crippen molar-refractivity contribution in [3.63, 3.8) is 0 Å². The first-order valence-electron chi connectivity index (χ1n) is 10.2. The smallest absolute Gasteiger partial charge is 0.293 e. The Labute approximate surface area is 184 Å². The molecule has 3 heterocycles. The number of amides is 1. The Kier molecular flexibility index (Phi) is 5.26. The van der Waals surface area contributed by atoms with Crippen LogP contribution in [0, 0.1) is 0 Å². The molecule has 2 aromatic heterocycles. The zero-order valence-electron chi connectivity index (χ0n) is 17.1. The Balaban J connectivity index is 1.40. The van der Waals surface area contributed by atoms with Crippen molar-refractivity contribution in [2.75, 3.05) is 20.2 Å². The van der Waals surface area contributed by atoms with Gasteiger partial charge in [0.15, 0.2) is 5.82 Å². The van der Waals surface area contributed by atoms with Crippen molar-refractivity contribution in [2.24, 2.45) is 0 Å². The highest BCUT2D eigenvalue weighted by atomic mass is 32.1. The maximum atomic E-state index is 13.3. The molecular weight excluding hydrogens is 408 g/mol. The largest absolute Gasteiger partial charge is 0.497 e. The lowest BCUT2D eigenvalue weighted by molar-refractivity contribution is 0.0779. The number of ether oxygens (including phenoxy) is 1. The normalized spacial score (nSPS) is 15.9. The van der Waals surface area contributed by atoms with Gasteiger partial charge in [0.1, 0.15) is 5.75 Å². The molecule has 1 atom stereocenters. The van der Waals surface area contributed by atoms with Crippen molar-refractivity contribution in [1.82, 2.24) is 19.7 Å². The Morgan fingerprint density at radius 2 is 1.87 bits per heavy atom. The van der Waals surface area contributed by atoms with E-state index >= 15 is 0 Å². The molecule has 1 aliphatic heterocycles. The number of benzene rings is 2. The van der Waals surface area contributed by atoms with Crippen LogP contribution in [0.25, 0.3) is 16.4 Å². The fourth-order valence-corrected chi connectivity index (χ4v) is 4.65. The maximum absolute atomic E-state index is 13.3. The molecule has 0 spiro atoms. The maximum Gasteiger partial charge on any atom is 0.293 e. The van der Waals surface area contributed by atoms with Gasteiger partial charge < -0.3 is 9.64 Å². The molecule has 6 nitrogen and oxygen atoms in total. The molecule has 1 fully saturated rings. The van der Waals surface area contributed by atoms with E-state index in [0.717, 1.165) is 22.7 Å². The zero-order chi connectivity index (χ0) is 21.2. The van der Waals surface area contributed by atoms with Gasteiger partial charge in [0.2, 0.25) is 5.82 Å². The third-order valence-corrected chi connectivity index (χ3v) is 6.47. The van der Waals surface area contributed by atoms with Crippen LogP contribution < -0.4 is 4.74 Å². The number of hydrogen-bond donors (Lipinski definition) is 0. The first kappa shape index (κ1) is 19.5. The molecule has 1 aliphatic rings. The van der Waals surface area contributed by atoms with Crippen molar-refractivity contribution in [2.45, 2.75) is 12.3 Å². The molecule has 0 saturated carbocycles. The molecule has 0 radical (unpaired) electrons. The van der Waals surface area contributed by atoms with E-state index in [1.54, 1.807) is 23.1 Å². The van der Waals surface area contributed by atoms with Crippen LogP contribution in [0.2, 0.25) is 0 Å². The van der Waals surface area contributed by atoms with Crippen molar-refractivity contribution in [3.8, 4) is 22.1 Å². The van der Waals surface area contributed by atoms with E-state index < -0.39 is 0 Å².